The first kappa shape index (κ1) is 13.6. The molecule has 92 valence electrons. The molecule has 0 heterocycles. The van der Waals surface area contributed by atoms with Gasteiger partial charge in [-0.3, -0.25) is 0 Å². The molecule has 0 aromatic heterocycles. The summed E-state index contributed by atoms with van der Waals surface area (Å²) in [6.45, 7) is 10.3. The number of hydrogen-bond donors (Lipinski definition) is 0. The minimum Gasteiger partial charge on any atom is -0.545 e. The topological polar surface area (TPSA) is 18.5 Å². The molecule has 17 heavy (non-hydrogen) atoms. The molecule has 1 rings (SSSR count). The second-order valence-electron chi connectivity index (χ2n) is 4.79. The van der Waals surface area contributed by atoms with Gasteiger partial charge in [0.2, 0.25) is 8.32 Å². The van der Waals surface area contributed by atoms with Crippen LogP contribution < -0.4 is 4.74 Å². The molecular formula is C14H20O2Si. The summed E-state index contributed by atoms with van der Waals surface area (Å²) in [4.78, 5) is 0. The van der Waals surface area contributed by atoms with Crippen molar-refractivity contribution in [3.8, 4) is 5.75 Å². The van der Waals surface area contributed by atoms with Gasteiger partial charge in [-0.15, -0.1) is 0 Å². The molecule has 0 aliphatic carbocycles. The summed E-state index contributed by atoms with van der Waals surface area (Å²) in [5.74, 6) is 1.58. The SMILES string of the molecule is C=C(/C=C/c1ccc(OC)cc1)O[Si](C)(C)C. The maximum atomic E-state index is 5.74. The molecule has 0 radical (unpaired) electrons. The summed E-state index contributed by atoms with van der Waals surface area (Å²) in [5, 5.41) is 0. The molecule has 0 unspecified atom stereocenters. The highest BCUT2D eigenvalue weighted by atomic mass is 28.4. The number of ether oxygens (including phenoxy) is 1. The van der Waals surface area contributed by atoms with Gasteiger partial charge in [-0.05, 0) is 43.4 Å². The van der Waals surface area contributed by atoms with Crippen molar-refractivity contribution in [2.75, 3.05) is 7.11 Å². The lowest BCUT2D eigenvalue weighted by molar-refractivity contribution is 0.415. The first-order chi connectivity index (χ1) is 7.90. The maximum Gasteiger partial charge on any atom is 0.242 e. The van der Waals surface area contributed by atoms with Crippen LogP contribution in [0, 0.1) is 0 Å². The van der Waals surface area contributed by atoms with Gasteiger partial charge < -0.3 is 9.16 Å². The van der Waals surface area contributed by atoms with Gasteiger partial charge in [0, 0.05) is 0 Å². The van der Waals surface area contributed by atoms with Crippen molar-refractivity contribution in [3.63, 3.8) is 0 Å². The molecule has 2 nitrogen and oxygen atoms in total. The third-order valence-electron chi connectivity index (χ3n) is 2.01. The minimum absolute atomic E-state index is 0.722. The van der Waals surface area contributed by atoms with E-state index in [2.05, 4.69) is 26.2 Å². The highest BCUT2D eigenvalue weighted by Crippen LogP contribution is 2.14. The van der Waals surface area contributed by atoms with E-state index in [9.17, 15) is 0 Å². The van der Waals surface area contributed by atoms with Crippen LogP contribution in [0.15, 0.2) is 42.7 Å². The fourth-order valence-electron chi connectivity index (χ4n) is 1.33. The third kappa shape index (κ3) is 5.40. The molecule has 0 atom stereocenters. The molecule has 0 fully saturated rings. The fourth-order valence-corrected chi connectivity index (χ4v) is 2.19. The van der Waals surface area contributed by atoms with Crippen molar-refractivity contribution in [3.05, 3.63) is 48.2 Å². The molecule has 0 aliphatic heterocycles. The Kier molecular flexibility index (Phi) is 4.58. The molecule has 1 aromatic rings. The number of allylic oxidation sites excluding steroid dienone is 1. The molecular weight excluding hydrogens is 228 g/mol. The summed E-state index contributed by atoms with van der Waals surface area (Å²) in [7, 11) is 0.117. The van der Waals surface area contributed by atoms with E-state index < -0.39 is 8.32 Å². The Bertz CT molecular complexity index is 399. The van der Waals surface area contributed by atoms with Gasteiger partial charge in [0.1, 0.15) is 5.75 Å². The minimum atomic E-state index is -1.54. The average Bonchev–Trinajstić information content (AvgIpc) is 2.25. The monoisotopic (exact) mass is 248 g/mol. The maximum absolute atomic E-state index is 5.74. The first-order valence-electron chi connectivity index (χ1n) is 5.61. The van der Waals surface area contributed by atoms with Gasteiger partial charge in [-0.1, -0.05) is 24.8 Å². The predicted molar refractivity (Wildman–Crippen MR) is 75.6 cm³/mol. The number of benzene rings is 1. The Morgan fingerprint density at radius 2 is 1.76 bits per heavy atom. The quantitative estimate of drug-likeness (QED) is 0.444. The van der Waals surface area contributed by atoms with Crippen LogP contribution >= 0.6 is 0 Å². The first-order valence-corrected chi connectivity index (χ1v) is 9.01. The lowest BCUT2D eigenvalue weighted by Gasteiger charge is -2.18. The predicted octanol–water partition coefficient (Wildman–Crippen LogP) is 4.07. The smallest absolute Gasteiger partial charge is 0.242 e. The van der Waals surface area contributed by atoms with Crippen LogP contribution in [-0.4, -0.2) is 15.4 Å². The van der Waals surface area contributed by atoms with Gasteiger partial charge in [0.05, 0.1) is 12.9 Å². The second-order valence-corrected chi connectivity index (χ2v) is 9.22. The zero-order valence-electron chi connectivity index (χ0n) is 11.0. The normalized spacial score (nSPS) is 11.5. The number of hydrogen-bond acceptors (Lipinski definition) is 2. The molecule has 0 bridgehead atoms. The van der Waals surface area contributed by atoms with Crippen molar-refractivity contribution in [2.24, 2.45) is 0 Å². The summed E-state index contributed by atoms with van der Waals surface area (Å²) < 4.78 is 10.8. The molecule has 3 heteroatoms. The Labute approximate surface area is 105 Å². The van der Waals surface area contributed by atoms with Gasteiger partial charge in [-0.2, -0.15) is 0 Å². The fraction of sp³-hybridized carbons (Fsp3) is 0.286. The van der Waals surface area contributed by atoms with Crippen molar-refractivity contribution in [1.82, 2.24) is 0 Å². The highest BCUT2D eigenvalue weighted by molar-refractivity contribution is 6.70. The van der Waals surface area contributed by atoms with Crippen LogP contribution in [-0.2, 0) is 4.43 Å². The molecule has 1 aromatic carbocycles. The van der Waals surface area contributed by atoms with Gasteiger partial charge in [0.15, 0.2) is 0 Å². The van der Waals surface area contributed by atoms with E-state index in [1.165, 1.54) is 0 Å². The van der Waals surface area contributed by atoms with Crippen LogP contribution in [0.5, 0.6) is 5.75 Å². The van der Waals surface area contributed by atoms with Crippen LogP contribution in [0.25, 0.3) is 6.08 Å². The summed E-state index contributed by atoms with van der Waals surface area (Å²) in [5.41, 5.74) is 1.10. The molecule has 0 aliphatic rings. The average molecular weight is 248 g/mol. The van der Waals surface area contributed by atoms with Crippen LogP contribution in [0.3, 0.4) is 0 Å². The van der Waals surface area contributed by atoms with E-state index in [1.54, 1.807) is 7.11 Å². The molecule has 0 saturated carbocycles. The lowest BCUT2D eigenvalue weighted by Crippen LogP contribution is -2.23. The molecule has 0 N–H and O–H groups in total. The van der Waals surface area contributed by atoms with Crippen LogP contribution in [0.2, 0.25) is 19.6 Å². The van der Waals surface area contributed by atoms with E-state index >= 15 is 0 Å². The molecule has 0 saturated heterocycles. The zero-order valence-corrected chi connectivity index (χ0v) is 12.0. The summed E-state index contributed by atoms with van der Waals surface area (Å²) >= 11 is 0. The molecule has 0 amide bonds. The van der Waals surface area contributed by atoms with Crippen molar-refractivity contribution in [2.45, 2.75) is 19.6 Å². The van der Waals surface area contributed by atoms with E-state index in [1.807, 2.05) is 36.4 Å². The Hall–Kier alpha value is -1.48. The van der Waals surface area contributed by atoms with E-state index in [0.29, 0.717) is 0 Å². The summed E-state index contributed by atoms with van der Waals surface area (Å²) in [6.07, 6.45) is 3.89. The van der Waals surface area contributed by atoms with Gasteiger partial charge in [-0.25, -0.2) is 0 Å². The second kappa shape index (κ2) is 5.73. The van der Waals surface area contributed by atoms with Crippen LogP contribution in [0.4, 0.5) is 0 Å². The van der Waals surface area contributed by atoms with Gasteiger partial charge in [0.25, 0.3) is 0 Å². The zero-order chi connectivity index (χ0) is 12.9. The van der Waals surface area contributed by atoms with Crippen molar-refractivity contribution in [1.29, 1.82) is 0 Å². The standard InChI is InChI=1S/C14H20O2Si/c1-12(16-17(3,4)5)6-7-13-8-10-14(15-2)11-9-13/h6-11H,1H2,2-5H3/b7-6+. The Morgan fingerprint density at radius 3 is 2.24 bits per heavy atom. The number of methoxy groups -OCH3 is 1. The summed E-state index contributed by atoms with van der Waals surface area (Å²) in [6, 6.07) is 7.86. The van der Waals surface area contributed by atoms with Crippen molar-refractivity contribution >= 4 is 14.4 Å². The Morgan fingerprint density at radius 1 is 1.18 bits per heavy atom. The molecule has 0 spiro atoms. The van der Waals surface area contributed by atoms with E-state index in [0.717, 1.165) is 17.1 Å². The largest absolute Gasteiger partial charge is 0.545 e. The number of rotatable bonds is 5. The highest BCUT2D eigenvalue weighted by Gasteiger charge is 2.15. The van der Waals surface area contributed by atoms with Crippen molar-refractivity contribution < 1.29 is 9.16 Å². The van der Waals surface area contributed by atoms with Crippen LogP contribution in [0.1, 0.15) is 5.56 Å². The van der Waals surface area contributed by atoms with E-state index in [-0.39, 0.29) is 0 Å². The van der Waals surface area contributed by atoms with E-state index in [4.69, 9.17) is 9.16 Å². The lowest BCUT2D eigenvalue weighted by atomic mass is 10.2. The van der Waals surface area contributed by atoms with Gasteiger partial charge >= 0.3 is 0 Å². The third-order valence-corrected chi connectivity index (χ3v) is 2.89. The Balaban J connectivity index is 2.61.